The van der Waals surface area contributed by atoms with Crippen LogP contribution in [0.15, 0.2) is 28.5 Å². The van der Waals surface area contributed by atoms with E-state index in [1.165, 1.54) is 5.70 Å². The molecule has 0 atom stereocenters. The minimum Gasteiger partial charge on any atom is -0.456 e. The Morgan fingerprint density at radius 2 is 2.05 bits per heavy atom. The lowest BCUT2D eigenvalue weighted by Gasteiger charge is -2.37. The van der Waals surface area contributed by atoms with Crippen molar-refractivity contribution in [2.45, 2.75) is 45.1 Å². The second kappa shape index (κ2) is 4.76. The van der Waals surface area contributed by atoms with E-state index in [2.05, 4.69) is 23.2 Å². The molecule has 2 heterocycles. The van der Waals surface area contributed by atoms with E-state index in [0.717, 1.165) is 49.9 Å². The van der Waals surface area contributed by atoms with Gasteiger partial charge >= 0.3 is 5.97 Å². The van der Waals surface area contributed by atoms with Crippen molar-refractivity contribution in [1.29, 1.82) is 0 Å². The molecular formula is C16H22N2O2. The summed E-state index contributed by atoms with van der Waals surface area (Å²) in [6.07, 6.45) is 5.59. The van der Waals surface area contributed by atoms with Crippen LogP contribution in [-0.4, -0.2) is 36.8 Å². The van der Waals surface area contributed by atoms with Gasteiger partial charge in [-0.05, 0) is 45.7 Å². The summed E-state index contributed by atoms with van der Waals surface area (Å²) in [6.45, 7) is 11.2. The molecule has 0 aromatic heterocycles. The predicted molar refractivity (Wildman–Crippen MR) is 78.4 cm³/mol. The fraction of sp³-hybridized carbons (Fsp3) is 0.625. The summed E-state index contributed by atoms with van der Waals surface area (Å²) in [5, 5.41) is 0. The third-order valence-electron chi connectivity index (χ3n) is 5.33. The molecule has 4 heteroatoms. The lowest BCUT2D eigenvalue weighted by molar-refractivity contribution is -0.136. The summed E-state index contributed by atoms with van der Waals surface area (Å²) in [5.74, 6) is -0.187. The smallest absolute Gasteiger partial charge is 0.336 e. The van der Waals surface area contributed by atoms with E-state index >= 15 is 0 Å². The Labute approximate surface area is 120 Å². The van der Waals surface area contributed by atoms with E-state index in [9.17, 15) is 4.79 Å². The molecule has 108 valence electrons. The largest absolute Gasteiger partial charge is 0.456 e. The summed E-state index contributed by atoms with van der Waals surface area (Å²) < 4.78 is 5.13. The molecule has 0 bridgehead atoms. The molecule has 0 amide bonds. The van der Waals surface area contributed by atoms with E-state index < -0.39 is 0 Å². The summed E-state index contributed by atoms with van der Waals surface area (Å²) in [5.41, 5.74) is 3.14. The molecule has 1 saturated heterocycles. The van der Waals surface area contributed by atoms with Crippen LogP contribution in [0.4, 0.5) is 0 Å². The van der Waals surface area contributed by atoms with Gasteiger partial charge in [0, 0.05) is 23.7 Å². The van der Waals surface area contributed by atoms with Gasteiger partial charge in [-0.2, -0.15) is 0 Å². The van der Waals surface area contributed by atoms with Crippen LogP contribution >= 0.6 is 0 Å². The third-order valence-corrected chi connectivity index (χ3v) is 5.33. The minimum absolute atomic E-state index is 0.187. The van der Waals surface area contributed by atoms with Gasteiger partial charge in [-0.15, -0.1) is 0 Å². The maximum absolute atomic E-state index is 11.5. The van der Waals surface area contributed by atoms with Crippen molar-refractivity contribution in [2.75, 3.05) is 13.2 Å². The average Bonchev–Trinajstić information content (AvgIpc) is 2.95. The number of allylic oxidation sites excluding steroid dienone is 1. The fourth-order valence-electron chi connectivity index (χ4n) is 3.81. The molecule has 0 unspecified atom stereocenters. The first-order chi connectivity index (χ1) is 9.57. The molecule has 3 rings (SSSR count). The van der Waals surface area contributed by atoms with Gasteiger partial charge in [0.25, 0.3) is 0 Å². The number of carbonyl (C=O) groups excluding carboxylic acids is 1. The average molecular weight is 274 g/mol. The Balaban J connectivity index is 1.78. The Morgan fingerprint density at radius 1 is 1.35 bits per heavy atom. The Morgan fingerprint density at radius 3 is 2.60 bits per heavy atom. The fourth-order valence-corrected chi connectivity index (χ4v) is 3.81. The number of likely N-dealkylation sites (tertiary alicyclic amines) is 1. The Bertz CT molecular complexity index is 499. The minimum atomic E-state index is -0.187. The monoisotopic (exact) mass is 274 g/mol. The van der Waals surface area contributed by atoms with Crippen LogP contribution in [0.3, 0.4) is 0 Å². The summed E-state index contributed by atoms with van der Waals surface area (Å²) >= 11 is 0. The van der Waals surface area contributed by atoms with Crippen molar-refractivity contribution < 1.29 is 9.53 Å². The van der Waals surface area contributed by atoms with Crippen LogP contribution < -0.4 is 0 Å². The number of carbonyl (C=O) groups is 1. The number of hydrogen-bond donors (Lipinski definition) is 0. The molecule has 1 saturated carbocycles. The number of hydrogen-bond acceptors (Lipinski definition) is 4. The molecule has 3 aliphatic rings. The normalized spacial score (nSPS) is 34.0. The number of rotatable bonds is 2. The molecule has 1 spiro atoms. The number of ether oxygens (including phenoxy) is 1. The van der Waals surface area contributed by atoms with Crippen molar-refractivity contribution in [3.05, 3.63) is 23.5 Å². The standard InChI is InChI=1S/C16H22N2O2/c1-11-14(10-20-15(11)19)18-9-8-16(12(18)2)6-4-13(17-3)5-7-16/h13H,2-10H2,1H3. The van der Waals surface area contributed by atoms with E-state index in [0.29, 0.717) is 12.6 Å². The number of cyclic esters (lactones) is 1. The maximum Gasteiger partial charge on any atom is 0.336 e. The molecular weight excluding hydrogens is 252 g/mol. The second-order valence-electron chi connectivity index (χ2n) is 6.19. The zero-order valence-electron chi connectivity index (χ0n) is 12.2. The number of aliphatic imine (C=N–C) groups is 1. The molecule has 20 heavy (non-hydrogen) atoms. The van der Waals surface area contributed by atoms with Gasteiger partial charge in [0.15, 0.2) is 0 Å². The molecule has 0 aromatic rings. The molecule has 2 fully saturated rings. The van der Waals surface area contributed by atoms with Crippen molar-refractivity contribution in [1.82, 2.24) is 4.90 Å². The lowest BCUT2D eigenvalue weighted by atomic mass is 9.70. The van der Waals surface area contributed by atoms with Crippen molar-refractivity contribution in [3.63, 3.8) is 0 Å². The molecule has 0 aromatic carbocycles. The van der Waals surface area contributed by atoms with Crippen LogP contribution in [0.5, 0.6) is 0 Å². The van der Waals surface area contributed by atoms with Crippen molar-refractivity contribution in [3.8, 4) is 0 Å². The van der Waals surface area contributed by atoms with Crippen molar-refractivity contribution in [2.24, 2.45) is 10.4 Å². The third kappa shape index (κ3) is 1.89. The molecule has 2 aliphatic heterocycles. The van der Waals surface area contributed by atoms with Crippen molar-refractivity contribution >= 4 is 12.7 Å². The van der Waals surface area contributed by atoms with E-state index in [1.54, 1.807) is 0 Å². The van der Waals surface area contributed by atoms with E-state index in [1.807, 2.05) is 6.92 Å². The Hall–Kier alpha value is -1.58. The van der Waals surface area contributed by atoms with Gasteiger partial charge < -0.3 is 9.64 Å². The summed E-state index contributed by atoms with van der Waals surface area (Å²) in [6, 6.07) is 0.416. The van der Waals surface area contributed by atoms with Crippen LogP contribution in [0.25, 0.3) is 0 Å². The first-order valence-corrected chi connectivity index (χ1v) is 7.37. The molecule has 1 aliphatic carbocycles. The van der Waals surface area contributed by atoms with Gasteiger partial charge in [-0.3, -0.25) is 4.99 Å². The summed E-state index contributed by atoms with van der Waals surface area (Å²) in [7, 11) is 0. The first-order valence-electron chi connectivity index (χ1n) is 7.37. The number of esters is 1. The lowest BCUT2D eigenvalue weighted by Crippen LogP contribution is -2.30. The predicted octanol–water partition coefficient (Wildman–Crippen LogP) is 2.67. The van der Waals surface area contributed by atoms with E-state index in [-0.39, 0.29) is 11.4 Å². The van der Waals surface area contributed by atoms with Gasteiger partial charge in [0.05, 0.1) is 11.3 Å². The highest BCUT2D eigenvalue weighted by Gasteiger charge is 2.45. The molecule has 0 radical (unpaired) electrons. The second-order valence-corrected chi connectivity index (χ2v) is 6.19. The van der Waals surface area contributed by atoms with Gasteiger partial charge in [0.1, 0.15) is 6.61 Å². The SMILES string of the molecule is C=NC1CCC2(CC1)CCN(C1=C(C)C(=O)OC1)C2=C. The highest BCUT2D eigenvalue weighted by Crippen LogP contribution is 2.51. The van der Waals surface area contributed by atoms with Gasteiger partial charge in [0.2, 0.25) is 0 Å². The van der Waals surface area contributed by atoms with Crippen LogP contribution in [-0.2, 0) is 9.53 Å². The quantitative estimate of drug-likeness (QED) is 0.574. The first kappa shape index (κ1) is 13.4. The maximum atomic E-state index is 11.5. The van der Waals surface area contributed by atoms with Gasteiger partial charge in [-0.1, -0.05) is 6.58 Å². The van der Waals surface area contributed by atoms with Crippen LogP contribution in [0, 0.1) is 5.41 Å². The topological polar surface area (TPSA) is 41.9 Å². The molecule has 4 nitrogen and oxygen atoms in total. The molecule has 0 N–H and O–H groups in total. The van der Waals surface area contributed by atoms with E-state index in [4.69, 9.17) is 4.74 Å². The van der Waals surface area contributed by atoms with Crippen LogP contribution in [0.1, 0.15) is 39.0 Å². The highest BCUT2D eigenvalue weighted by atomic mass is 16.5. The summed E-state index contributed by atoms with van der Waals surface area (Å²) in [4.78, 5) is 17.9. The van der Waals surface area contributed by atoms with Crippen LogP contribution in [0.2, 0.25) is 0 Å². The van der Waals surface area contributed by atoms with Gasteiger partial charge in [-0.25, -0.2) is 4.79 Å². The highest BCUT2D eigenvalue weighted by molar-refractivity contribution is 5.91. The zero-order chi connectivity index (χ0) is 14.3. The number of nitrogens with zero attached hydrogens (tertiary/aromatic N) is 2. The Kier molecular flexibility index (Phi) is 3.19. The zero-order valence-corrected chi connectivity index (χ0v) is 12.2.